The van der Waals surface area contributed by atoms with Gasteiger partial charge in [0.05, 0.1) is 6.61 Å². The molecule has 3 amide bonds. The second-order valence-electron chi connectivity index (χ2n) is 7.79. The Balaban J connectivity index is 1.58. The monoisotopic (exact) mass is 423 g/mol. The highest BCUT2D eigenvalue weighted by Gasteiger charge is 2.25. The topological polar surface area (TPSA) is 79.0 Å². The summed E-state index contributed by atoms with van der Waals surface area (Å²) >= 11 is 0. The smallest absolute Gasteiger partial charge is 0.411 e. The molecule has 0 atom stereocenters. The van der Waals surface area contributed by atoms with Crippen molar-refractivity contribution in [1.29, 1.82) is 0 Å². The molecule has 1 heterocycles. The van der Waals surface area contributed by atoms with Gasteiger partial charge in [0.2, 0.25) is 0 Å². The molecule has 7 heteroatoms. The molecule has 1 aliphatic heterocycles. The van der Waals surface area contributed by atoms with Crippen LogP contribution in [0.5, 0.6) is 0 Å². The number of hydrogen-bond donors (Lipinski definition) is 1. The second-order valence-corrected chi connectivity index (χ2v) is 7.79. The number of nitrogens with one attached hydrogen (secondary N) is 1. The van der Waals surface area contributed by atoms with Gasteiger partial charge in [0, 0.05) is 43.0 Å². The summed E-state index contributed by atoms with van der Waals surface area (Å²) in [6.45, 7) is 8.13. The first-order chi connectivity index (χ1) is 14.9. The zero-order valence-corrected chi connectivity index (χ0v) is 18.3. The third-order valence-corrected chi connectivity index (χ3v) is 5.31. The average Bonchev–Trinajstić information content (AvgIpc) is 2.78. The number of carbonyl (C=O) groups is 3. The quantitative estimate of drug-likeness (QED) is 0.789. The van der Waals surface area contributed by atoms with Crippen molar-refractivity contribution < 1.29 is 19.1 Å². The lowest BCUT2D eigenvalue weighted by Gasteiger charge is -2.35. The van der Waals surface area contributed by atoms with Crippen molar-refractivity contribution in [2.75, 3.05) is 38.1 Å². The van der Waals surface area contributed by atoms with E-state index in [0.717, 1.165) is 0 Å². The number of amides is 3. The standard InChI is InChI=1S/C24H29N3O4/c1-4-31-24(30)25-21-7-5-6-20(16-21)23(29)27-14-12-26(13-15-27)22(28)19-10-8-18(9-11-19)17(2)3/h5-11,16-17H,4,12-15H2,1-3H3,(H,25,30). The van der Waals surface area contributed by atoms with Gasteiger partial charge in [-0.1, -0.05) is 32.0 Å². The van der Waals surface area contributed by atoms with Gasteiger partial charge < -0.3 is 14.5 Å². The lowest BCUT2D eigenvalue weighted by Crippen LogP contribution is -2.50. The second kappa shape index (κ2) is 10.1. The lowest BCUT2D eigenvalue weighted by molar-refractivity contribution is 0.0535. The SMILES string of the molecule is CCOC(=O)Nc1cccc(C(=O)N2CCN(C(=O)c3ccc(C(C)C)cc3)CC2)c1. The Labute approximate surface area is 183 Å². The van der Waals surface area contributed by atoms with Crippen LogP contribution in [-0.2, 0) is 4.74 Å². The Bertz CT molecular complexity index is 932. The van der Waals surface area contributed by atoms with E-state index in [1.807, 2.05) is 24.3 Å². The molecule has 1 aliphatic rings. The predicted octanol–water partition coefficient (Wildman–Crippen LogP) is 3.98. The maximum atomic E-state index is 12.9. The van der Waals surface area contributed by atoms with Crippen LogP contribution in [0.3, 0.4) is 0 Å². The number of hydrogen-bond acceptors (Lipinski definition) is 4. The van der Waals surface area contributed by atoms with Crippen LogP contribution in [0.4, 0.5) is 10.5 Å². The molecule has 0 unspecified atom stereocenters. The van der Waals surface area contributed by atoms with E-state index in [0.29, 0.717) is 48.9 Å². The normalized spacial score (nSPS) is 13.8. The van der Waals surface area contributed by atoms with E-state index in [9.17, 15) is 14.4 Å². The molecule has 0 saturated carbocycles. The minimum atomic E-state index is -0.555. The van der Waals surface area contributed by atoms with Gasteiger partial charge in [0.15, 0.2) is 0 Å². The van der Waals surface area contributed by atoms with E-state index < -0.39 is 6.09 Å². The number of benzene rings is 2. The van der Waals surface area contributed by atoms with E-state index in [2.05, 4.69) is 19.2 Å². The third-order valence-electron chi connectivity index (χ3n) is 5.31. The molecular formula is C24H29N3O4. The Kier molecular flexibility index (Phi) is 7.28. The largest absolute Gasteiger partial charge is 0.450 e. The Morgan fingerprint density at radius 3 is 2.03 bits per heavy atom. The van der Waals surface area contributed by atoms with Crippen molar-refractivity contribution in [1.82, 2.24) is 9.80 Å². The molecular weight excluding hydrogens is 394 g/mol. The minimum Gasteiger partial charge on any atom is -0.450 e. The van der Waals surface area contributed by atoms with Gasteiger partial charge in [-0.05, 0) is 48.7 Å². The molecule has 0 radical (unpaired) electrons. The molecule has 0 spiro atoms. The molecule has 2 aromatic carbocycles. The van der Waals surface area contributed by atoms with Crippen molar-refractivity contribution in [3.8, 4) is 0 Å². The number of nitrogens with zero attached hydrogens (tertiary/aromatic N) is 2. The van der Waals surface area contributed by atoms with Crippen molar-refractivity contribution in [2.45, 2.75) is 26.7 Å². The highest BCUT2D eigenvalue weighted by Crippen LogP contribution is 2.18. The number of anilines is 1. The first-order valence-electron chi connectivity index (χ1n) is 10.6. The van der Waals surface area contributed by atoms with E-state index >= 15 is 0 Å². The minimum absolute atomic E-state index is 0.0111. The van der Waals surface area contributed by atoms with Crippen molar-refractivity contribution in [2.24, 2.45) is 0 Å². The van der Waals surface area contributed by atoms with Gasteiger partial charge in [-0.15, -0.1) is 0 Å². The van der Waals surface area contributed by atoms with E-state index in [-0.39, 0.29) is 18.4 Å². The van der Waals surface area contributed by atoms with Crippen LogP contribution >= 0.6 is 0 Å². The molecule has 0 aliphatic carbocycles. The summed E-state index contributed by atoms with van der Waals surface area (Å²) < 4.78 is 4.87. The molecule has 0 bridgehead atoms. The fourth-order valence-corrected chi connectivity index (χ4v) is 3.50. The van der Waals surface area contributed by atoms with Crippen molar-refractivity contribution in [3.63, 3.8) is 0 Å². The van der Waals surface area contributed by atoms with Crippen LogP contribution in [0.25, 0.3) is 0 Å². The first-order valence-corrected chi connectivity index (χ1v) is 10.6. The maximum absolute atomic E-state index is 12.9. The van der Waals surface area contributed by atoms with E-state index in [4.69, 9.17) is 4.74 Å². The van der Waals surface area contributed by atoms with Gasteiger partial charge >= 0.3 is 6.09 Å². The maximum Gasteiger partial charge on any atom is 0.411 e. The van der Waals surface area contributed by atoms with Gasteiger partial charge in [0.1, 0.15) is 0 Å². The summed E-state index contributed by atoms with van der Waals surface area (Å²) in [5, 5.41) is 2.61. The summed E-state index contributed by atoms with van der Waals surface area (Å²) in [5.41, 5.74) is 2.86. The van der Waals surface area contributed by atoms with Crippen LogP contribution in [0.1, 0.15) is 53.0 Å². The highest BCUT2D eigenvalue weighted by molar-refractivity contribution is 5.97. The number of ether oxygens (including phenoxy) is 1. The summed E-state index contributed by atoms with van der Waals surface area (Å²) in [7, 11) is 0. The van der Waals surface area contributed by atoms with Gasteiger partial charge in [-0.2, -0.15) is 0 Å². The summed E-state index contributed by atoms with van der Waals surface area (Å²) in [5.74, 6) is 0.286. The Morgan fingerprint density at radius 2 is 1.48 bits per heavy atom. The van der Waals surface area contributed by atoms with Gasteiger partial charge in [0.25, 0.3) is 11.8 Å². The Hall–Kier alpha value is -3.35. The lowest BCUT2D eigenvalue weighted by atomic mass is 10.0. The third kappa shape index (κ3) is 5.63. The first kappa shape index (κ1) is 22.3. The van der Waals surface area contributed by atoms with Gasteiger partial charge in [-0.3, -0.25) is 14.9 Å². The van der Waals surface area contributed by atoms with Crippen LogP contribution in [0.15, 0.2) is 48.5 Å². The molecule has 164 valence electrons. The van der Waals surface area contributed by atoms with Gasteiger partial charge in [-0.25, -0.2) is 4.79 Å². The fourth-order valence-electron chi connectivity index (χ4n) is 3.50. The van der Waals surface area contributed by atoms with Crippen molar-refractivity contribution >= 4 is 23.6 Å². The number of rotatable bonds is 5. The zero-order valence-electron chi connectivity index (χ0n) is 18.3. The van der Waals surface area contributed by atoms with Crippen LogP contribution in [0.2, 0.25) is 0 Å². The number of carbonyl (C=O) groups excluding carboxylic acids is 3. The molecule has 31 heavy (non-hydrogen) atoms. The predicted molar refractivity (Wildman–Crippen MR) is 119 cm³/mol. The summed E-state index contributed by atoms with van der Waals surface area (Å²) in [4.78, 5) is 40.8. The molecule has 7 nitrogen and oxygen atoms in total. The zero-order chi connectivity index (χ0) is 22.4. The van der Waals surface area contributed by atoms with E-state index in [1.165, 1.54) is 5.56 Å². The fraction of sp³-hybridized carbons (Fsp3) is 0.375. The molecule has 3 rings (SSSR count). The number of piperazine rings is 1. The Morgan fingerprint density at radius 1 is 0.903 bits per heavy atom. The molecule has 1 N–H and O–H groups in total. The molecule has 1 fully saturated rings. The molecule has 1 saturated heterocycles. The van der Waals surface area contributed by atoms with Crippen molar-refractivity contribution in [3.05, 3.63) is 65.2 Å². The highest BCUT2D eigenvalue weighted by atomic mass is 16.5. The van der Waals surface area contributed by atoms with Crippen LogP contribution in [0, 0.1) is 0 Å². The molecule has 0 aromatic heterocycles. The summed E-state index contributed by atoms with van der Waals surface area (Å²) in [6.07, 6.45) is -0.555. The van der Waals surface area contributed by atoms with E-state index in [1.54, 1.807) is 41.0 Å². The molecule has 2 aromatic rings. The van der Waals surface area contributed by atoms with Crippen LogP contribution in [-0.4, -0.2) is 60.5 Å². The average molecular weight is 424 g/mol. The summed E-state index contributed by atoms with van der Waals surface area (Å²) in [6, 6.07) is 14.5. The van der Waals surface area contributed by atoms with Crippen LogP contribution < -0.4 is 5.32 Å².